The fourth-order valence-electron chi connectivity index (χ4n) is 1.56. The van der Waals surface area contributed by atoms with E-state index in [2.05, 4.69) is 10.3 Å². The fourth-order valence-corrected chi connectivity index (χ4v) is 1.86. The summed E-state index contributed by atoms with van der Waals surface area (Å²) in [4.78, 5) is 3.85. The Bertz CT molecular complexity index is 580. The van der Waals surface area contributed by atoms with Crippen LogP contribution in [0.25, 0.3) is 0 Å². The molecule has 0 aliphatic heterocycles. The predicted molar refractivity (Wildman–Crippen MR) is 74.1 cm³/mol. The standard InChI is InChI=1S/C13H11Cl2FN2O/c14-10-2-1-8(5-11(10)16)12(19)7-18-9-3-4-17-13(15)6-9/h1-6,12,19H,7H2,(H,17,18). The second-order valence-corrected chi connectivity index (χ2v) is 4.73. The van der Waals surface area contributed by atoms with Gasteiger partial charge in [0.05, 0.1) is 11.1 Å². The fraction of sp³-hybridized carbons (Fsp3) is 0.154. The average molecular weight is 301 g/mol. The summed E-state index contributed by atoms with van der Waals surface area (Å²) in [5.74, 6) is -0.551. The van der Waals surface area contributed by atoms with Crippen LogP contribution in [0.15, 0.2) is 36.5 Å². The first-order chi connectivity index (χ1) is 9.06. The van der Waals surface area contributed by atoms with Gasteiger partial charge in [0.1, 0.15) is 11.0 Å². The molecule has 0 spiro atoms. The minimum atomic E-state index is -0.848. The lowest BCUT2D eigenvalue weighted by atomic mass is 10.1. The van der Waals surface area contributed by atoms with E-state index < -0.39 is 11.9 Å². The number of aromatic nitrogens is 1. The highest BCUT2D eigenvalue weighted by Gasteiger charge is 2.10. The summed E-state index contributed by atoms with van der Waals surface area (Å²) in [6.45, 7) is 0.224. The third kappa shape index (κ3) is 3.80. The first kappa shape index (κ1) is 14.1. The van der Waals surface area contributed by atoms with Crippen LogP contribution in [0.5, 0.6) is 0 Å². The number of nitrogens with one attached hydrogen (secondary N) is 1. The number of pyridine rings is 1. The number of halogens is 3. The van der Waals surface area contributed by atoms with Gasteiger partial charge in [-0.25, -0.2) is 9.37 Å². The molecule has 0 bridgehead atoms. The minimum Gasteiger partial charge on any atom is -0.387 e. The van der Waals surface area contributed by atoms with E-state index in [9.17, 15) is 9.50 Å². The molecule has 1 aromatic carbocycles. The molecule has 2 N–H and O–H groups in total. The summed E-state index contributed by atoms with van der Waals surface area (Å²) in [7, 11) is 0. The normalized spacial score (nSPS) is 12.2. The van der Waals surface area contributed by atoms with Crippen molar-refractivity contribution in [3.05, 3.63) is 58.1 Å². The Hall–Kier alpha value is -1.36. The Kier molecular flexibility index (Phi) is 4.58. The molecule has 0 aliphatic rings. The Morgan fingerprint density at radius 1 is 1.26 bits per heavy atom. The van der Waals surface area contributed by atoms with Crippen LogP contribution in [0.1, 0.15) is 11.7 Å². The van der Waals surface area contributed by atoms with E-state index in [0.29, 0.717) is 10.7 Å². The third-order valence-corrected chi connectivity index (χ3v) is 3.07. The molecule has 2 rings (SSSR count). The lowest BCUT2D eigenvalue weighted by molar-refractivity contribution is 0.191. The van der Waals surface area contributed by atoms with Crippen molar-refractivity contribution in [2.75, 3.05) is 11.9 Å². The van der Waals surface area contributed by atoms with Gasteiger partial charge in [0.25, 0.3) is 0 Å². The maximum Gasteiger partial charge on any atom is 0.142 e. The monoisotopic (exact) mass is 300 g/mol. The lowest BCUT2D eigenvalue weighted by Crippen LogP contribution is -2.12. The average Bonchev–Trinajstić information content (AvgIpc) is 2.39. The van der Waals surface area contributed by atoms with Gasteiger partial charge >= 0.3 is 0 Å². The largest absolute Gasteiger partial charge is 0.387 e. The smallest absolute Gasteiger partial charge is 0.142 e. The molecular weight excluding hydrogens is 290 g/mol. The second kappa shape index (κ2) is 6.19. The summed E-state index contributed by atoms with van der Waals surface area (Å²) in [6, 6.07) is 7.57. The van der Waals surface area contributed by atoms with Crippen LogP contribution < -0.4 is 5.32 Å². The van der Waals surface area contributed by atoms with Crippen molar-refractivity contribution in [1.29, 1.82) is 0 Å². The second-order valence-electron chi connectivity index (χ2n) is 3.94. The van der Waals surface area contributed by atoms with E-state index in [-0.39, 0.29) is 11.6 Å². The van der Waals surface area contributed by atoms with Gasteiger partial charge in [-0.3, -0.25) is 0 Å². The van der Waals surface area contributed by atoms with Gasteiger partial charge in [-0.1, -0.05) is 29.3 Å². The highest BCUT2D eigenvalue weighted by Crippen LogP contribution is 2.21. The van der Waals surface area contributed by atoms with E-state index in [1.54, 1.807) is 24.4 Å². The van der Waals surface area contributed by atoms with Crippen molar-refractivity contribution in [3.8, 4) is 0 Å². The molecular formula is C13H11Cl2FN2O. The van der Waals surface area contributed by atoms with E-state index in [4.69, 9.17) is 23.2 Å². The number of aliphatic hydroxyl groups is 1. The third-order valence-electron chi connectivity index (χ3n) is 2.55. The Balaban J connectivity index is 2.01. The van der Waals surface area contributed by atoms with Crippen molar-refractivity contribution in [2.45, 2.75) is 6.10 Å². The van der Waals surface area contributed by atoms with E-state index in [1.807, 2.05) is 0 Å². The van der Waals surface area contributed by atoms with Crippen molar-refractivity contribution >= 4 is 28.9 Å². The number of hydrogen-bond acceptors (Lipinski definition) is 3. The van der Waals surface area contributed by atoms with E-state index in [0.717, 1.165) is 5.69 Å². The molecule has 3 nitrogen and oxygen atoms in total. The summed E-state index contributed by atoms with van der Waals surface area (Å²) in [6.07, 6.45) is 0.706. The van der Waals surface area contributed by atoms with Crippen LogP contribution in [0.3, 0.4) is 0 Å². The minimum absolute atomic E-state index is 0.0322. The SMILES string of the molecule is OC(CNc1ccnc(Cl)c1)c1ccc(Cl)c(F)c1. The zero-order chi connectivity index (χ0) is 13.8. The highest BCUT2D eigenvalue weighted by atomic mass is 35.5. The molecule has 19 heavy (non-hydrogen) atoms. The number of anilines is 1. The van der Waals surface area contributed by atoms with Gasteiger partial charge in [-0.2, -0.15) is 0 Å². The predicted octanol–water partition coefficient (Wildman–Crippen LogP) is 3.67. The zero-order valence-corrected chi connectivity index (χ0v) is 11.3. The summed E-state index contributed by atoms with van der Waals surface area (Å²) >= 11 is 11.3. The van der Waals surface area contributed by atoms with Gasteiger partial charge in [0, 0.05) is 18.4 Å². The Labute approximate surface area is 120 Å². The summed E-state index contributed by atoms with van der Waals surface area (Å²) in [5, 5.41) is 13.3. The maximum absolute atomic E-state index is 13.3. The molecule has 1 heterocycles. The molecule has 0 radical (unpaired) electrons. The molecule has 1 aromatic heterocycles. The number of rotatable bonds is 4. The molecule has 0 saturated heterocycles. The van der Waals surface area contributed by atoms with Crippen LogP contribution in [0.2, 0.25) is 10.2 Å². The molecule has 0 aliphatic carbocycles. The van der Waals surface area contributed by atoms with Crippen LogP contribution in [-0.4, -0.2) is 16.6 Å². The lowest BCUT2D eigenvalue weighted by Gasteiger charge is -2.13. The van der Waals surface area contributed by atoms with Crippen LogP contribution >= 0.6 is 23.2 Å². The van der Waals surface area contributed by atoms with E-state index >= 15 is 0 Å². The van der Waals surface area contributed by atoms with Crippen LogP contribution in [-0.2, 0) is 0 Å². The van der Waals surface area contributed by atoms with Crippen molar-refractivity contribution in [1.82, 2.24) is 4.98 Å². The quantitative estimate of drug-likeness (QED) is 0.847. The van der Waals surface area contributed by atoms with Crippen LogP contribution in [0.4, 0.5) is 10.1 Å². The Morgan fingerprint density at radius 2 is 2.05 bits per heavy atom. The maximum atomic E-state index is 13.3. The van der Waals surface area contributed by atoms with Crippen LogP contribution in [0, 0.1) is 5.82 Å². The van der Waals surface area contributed by atoms with Crippen molar-refractivity contribution in [2.24, 2.45) is 0 Å². The molecule has 2 aromatic rings. The molecule has 0 saturated carbocycles. The van der Waals surface area contributed by atoms with Gasteiger partial charge in [0.2, 0.25) is 0 Å². The number of benzene rings is 1. The number of nitrogens with zero attached hydrogens (tertiary/aromatic N) is 1. The van der Waals surface area contributed by atoms with Gasteiger partial charge in [-0.05, 0) is 29.8 Å². The molecule has 0 fully saturated rings. The molecule has 100 valence electrons. The van der Waals surface area contributed by atoms with Gasteiger partial charge < -0.3 is 10.4 Å². The molecule has 0 amide bonds. The molecule has 1 atom stereocenters. The highest BCUT2D eigenvalue weighted by molar-refractivity contribution is 6.30. The van der Waals surface area contributed by atoms with Gasteiger partial charge in [0.15, 0.2) is 0 Å². The first-order valence-corrected chi connectivity index (χ1v) is 6.30. The first-order valence-electron chi connectivity index (χ1n) is 5.54. The molecule has 6 heteroatoms. The number of hydrogen-bond donors (Lipinski definition) is 2. The summed E-state index contributed by atoms with van der Waals surface area (Å²) in [5.41, 5.74) is 1.18. The topological polar surface area (TPSA) is 45.1 Å². The van der Waals surface area contributed by atoms with E-state index in [1.165, 1.54) is 12.1 Å². The van der Waals surface area contributed by atoms with Gasteiger partial charge in [-0.15, -0.1) is 0 Å². The zero-order valence-electron chi connectivity index (χ0n) is 9.78. The molecule has 1 unspecified atom stereocenters. The van der Waals surface area contributed by atoms with Crippen molar-refractivity contribution < 1.29 is 9.50 Å². The summed E-state index contributed by atoms with van der Waals surface area (Å²) < 4.78 is 13.3. The Morgan fingerprint density at radius 3 is 2.74 bits per heavy atom. The van der Waals surface area contributed by atoms with Crippen molar-refractivity contribution in [3.63, 3.8) is 0 Å². The number of aliphatic hydroxyl groups excluding tert-OH is 1.